The van der Waals surface area contributed by atoms with Gasteiger partial charge in [-0.1, -0.05) is 29.8 Å². The number of carbonyl (C=O) groups is 1. The molecular weight excluding hydrogens is 308 g/mol. The summed E-state index contributed by atoms with van der Waals surface area (Å²) in [7, 11) is 0. The summed E-state index contributed by atoms with van der Waals surface area (Å²) in [5.74, 6) is 0.0845. The molecule has 1 heterocycles. The zero-order valence-corrected chi connectivity index (χ0v) is 11.4. The third kappa shape index (κ3) is 2.54. The molecule has 0 aliphatic carbocycles. The third-order valence-electron chi connectivity index (χ3n) is 2.22. The standard InChI is InChI=1S/C12H8BrClOS/c13-10-7-16-6-9(10)12(15)5-8-3-1-2-4-11(8)14/h1-4,6-7H,5H2. The normalized spacial score (nSPS) is 10.4. The topological polar surface area (TPSA) is 17.1 Å². The number of benzene rings is 1. The summed E-state index contributed by atoms with van der Waals surface area (Å²) in [6.45, 7) is 0. The van der Waals surface area contributed by atoms with Gasteiger partial charge in [-0.05, 0) is 27.6 Å². The van der Waals surface area contributed by atoms with Gasteiger partial charge in [-0.2, -0.15) is 11.3 Å². The number of ketones is 1. The minimum atomic E-state index is 0.0845. The summed E-state index contributed by atoms with van der Waals surface area (Å²) in [6.07, 6.45) is 0.342. The Morgan fingerprint density at radius 2 is 2.06 bits per heavy atom. The molecule has 0 saturated carbocycles. The van der Waals surface area contributed by atoms with Crippen LogP contribution < -0.4 is 0 Å². The van der Waals surface area contributed by atoms with E-state index in [0.717, 1.165) is 15.6 Å². The van der Waals surface area contributed by atoms with Crippen LogP contribution in [0.2, 0.25) is 5.02 Å². The largest absolute Gasteiger partial charge is 0.294 e. The van der Waals surface area contributed by atoms with E-state index in [9.17, 15) is 4.79 Å². The van der Waals surface area contributed by atoms with E-state index in [1.165, 1.54) is 11.3 Å². The van der Waals surface area contributed by atoms with Gasteiger partial charge in [-0.25, -0.2) is 0 Å². The fourth-order valence-corrected chi connectivity index (χ4v) is 3.11. The molecule has 1 aromatic heterocycles. The Morgan fingerprint density at radius 3 is 2.69 bits per heavy atom. The minimum Gasteiger partial charge on any atom is -0.294 e. The van der Waals surface area contributed by atoms with Crippen LogP contribution in [0.5, 0.6) is 0 Å². The molecule has 0 amide bonds. The zero-order chi connectivity index (χ0) is 11.5. The predicted octanol–water partition coefficient (Wildman–Crippen LogP) is 4.59. The quantitative estimate of drug-likeness (QED) is 0.757. The molecule has 2 rings (SSSR count). The van der Waals surface area contributed by atoms with Crippen molar-refractivity contribution in [3.05, 3.63) is 55.6 Å². The summed E-state index contributed by atoms with van der Waals surface area (Å²) in [6, 6.07) is 7.42. The first-order chi connectivity index (χ1) is 7.68. The van der Waals surface area contributed by atoms with Crippen molar-refractivity contribution in [3.63, 3.8) is 0 Å². The van der Waals surface area contributed by atoms with Crippen LogP contribution in [0.25, 0.3) is 0 Å². The second-order valence-corrected chi connectivity index (χ2v) is 5.33. The number of Topliss-reactive ketones (excluding diaryl/α,β-unsaturated/α-hetero) is 1. The van der Waals surface area contributed by atoms with Gasteiger partial charge in [-0.15, -0.1) is 0 Å². The van der Waals surface area contributed by atoms with Crippen LogP contribution in [-0.4, -0.2) is 5.78 Å². The molecule has 0 bridgehead atoms. The van der Waals surface area contributed by atoms with Gasteiger partial charge < -0.3 is 0 Å². The van der Waals surface area contributed by atoms with E-state index in [0.29, 0.717) is 11.4 Å². The molecule has 16 heavy (non-hydrogen) atoms. The molecule has 0 atom stereocenters. The molecule has 0 N–H and O–H groups in total. The lowest BCUT2D eigenvalue weighted by atomic mass is 10.1. The molecule has 0 unspecified atom stereocenters. The van der Waals surface area contributed by atoms with E-state index < -0.39 is 0 Å². The van der Waals surface area contributed by atoms with Gasteiger partial charge in [0.05, 0.1) is 0 Å². The average molecular weight is 316 g/mol. The highest BCUT2D eigenvalue weighted by Gasteiger charge is 2.12. The first-order valence-corrected chi connectivity index (χ1v) is 6.78. The zero-order valence-electron chi connectivity index (χ0n) is 8.24. The Bertz CT molecular complexity index is 521. The molecule has 1 aromatic carbocycles. The highest BCUT2D eigenvalue weighted by atomic mass is 79.9. The van der Waals surface area contributed by atoms with Crippen molar-refractivity contribution in [2.75, 3.05) is 0 Å². The fourth-order valence-electron chi connectivity index (χ4n) is 1.39. The van der Waals surface area contributed by atoms with Gasteiger partial charge in [0.1, 0.15) is 0 Å². The van der Waals surface area contributed by atoms with Crippen LogP contribution >= 0.6 is 38.9 Å². The van der Waals surface area contributed by atoms with E-state index in [-0.39, 0.29) is 5.78 Å². The lowest BCUT2D eigenvalue weighted by Gasteiger charge is -2.02. The van der Waals surface area contributed by atoms with E-state index in [1.54, 1.807) is 6.07 Å². The molecule has 1 nitrogen and oxygen atoms in total. The van der Waals surface area contributed by atoms with Gasteiger partial charge in [-0.3, -0.25) is 4.79 Å². The predicted molar refractivity (Wildman–Crippen MR) is 71.5 cm³/mol. The highest BCUT2D eigenvalue weighted by molar-refractivity contribution is 9.10. The van der Waals surface area contributed by atoms with Crippen LogP contribution in [0.15, 0.2) is 39.5 Å². The van der Waals surface area contributed by atoms with Gasteiger partial charge in [0, 0.05) is 32.2 Å². The summed E-state index contributed by atoms with van der Waals surface area (Å²) >= 11 is 10.9. The van der Waals surface area contributed by atoms with Crippen LogP contribution in [-0.2, 0) is 6.42 Å². The van der Waals surface area contributed by atoms with Crippen molar-refractivity contribution in [3.8, 4) is 0 Å². The Hall–Kier alpha value is -0.640. The molecule has 0 aliphatic heterocycles. The first-order valence-electron chi connectivity index (χ1n) is 4.67. The van der Waals surface area contributed by atoms with Crippen LogP contribution in [0.1, 0.15) is 15.9 Å². The maximum Gasteiger partial charge on any atom is 0.169 e. The summed E-state index contributed by atoms with van der Waals surface area (Å²) in [4.78, 5) is 12.0. The van der Waals surface area contributed by atoms with Crippen molar-refractivity contribution in [2.45, 2.75) is 6.42 Å². The SMILES string of the molecule is O=C(Cc1ccccc1Cl)c1cscc1Br. The highest BCUT2D eigenvalue weighted by Crippen LogP contribution is 2.24. The molecular formula is C12H8BrClOS. The fraction of sp³-hybridized carbons (Fsp3) is 0.0833. The van der Waals surface area contributed by atoms with Crippen molar-refractivity contribution in [1.82, 2.24) is 0 Å². The molecule has 82 valence electrons. The second kappa shape index (κ2) is 5.13. The monoisotopic (exact) mass is 314 g/mol. The number of hydrogen-bond acceptors (Lipinski definition) is 2. The van der Waals surface area contributed by atoms with Crippen LogP contribution in [0.3, 0.4) is 0 Å². The van der Waals surface area contributed by atoms with Gasteiger partial charge in [0.15, 0.2) is 5.78 Å². The van der Waals surface area contributed by atoms with E-state index >= 15 is 0 Å². The summed E-state index contributed by atoms with van der Waals surface area (Å²) in [5, 5.41) is 4.39. The number of rotatable bonds is 3. The Kier molecular flexibility index (Phi) is 3.79. The molecule has 0 spiro atoms. The molecule has 0 fully saturated rings. The Balaban J connectivity index is 2.21. The number of halogens is 2. The lowest BCUT2D eigenvalue weighted by Crippen LogP contribution is -2.03. The first kappa shape index (κ1) is 11.8. The maximum absolute atomic E-state index is 12.0. The van der Waals surface area contributed by atoms with E-state index in [4.69, 9.17) is 11.6 Å². The summed E-state index contributed by atoms with van der Waals surface area (Å²) in [5.41, 5.74) is 1.59. The maximum atomic E-state index is 12.0. The van der Waals surface area contributed by atoms with Crippen LogP contribution in [0.4, 0.5) is 0 Å². The molecule has 4 heteroatoms. The molecule has 0 saturated heterocycles. The Morgan fingerprint density at radius 1 is 1.31 bits per heavy atom. The number of thiophene rings is 1. The van der Waals surface area contributed by atoms with Crippen molar-refractivity contribution < 1.29 is 4.79 Å². The summed E-state index contributed by atoms with van der Waals surface area (Å²) < 4.78 is 0.856. The van der Waals surface area contributed by atoms with E-state index in [1.807, 2.05) is 29.0 Å². The van der Waals surface area contributed by atoms with Gasteiger partial charge in [0.25, 0.3) is 0 Å². The lowest BCUT2D eigenvalue weighted by molar-refractivity contribution is 0.0992. The number of carbonyl (C=O) groups excluding carboxylic acids is 1. The molecule has 0 aliphatic rings. The van der Waals surface area contributed by atoms with Gasteiger partial charge >= 0.3 is 0 Å². The smallest absolute Gasteiger partial charge is 0.169 e. The molecule has 0 radical (unpaired) electrons. The molecule has 2 aromatic rings. The Labute approximate surface area is 111 Å². The van der Waals surface area contributed by atoms with Crippen molar-refractivity contribution >= 4 is 44.7 Å². The van der Waals surface area contributed by atoms with Crippen molar-refractivity contribution in [1.29, 1.82) is 0 Å². The second-order valence-electron chi connectivity index (χ2n) is 3.32. The number of hydrogen-bond donors (Lipinski definition) is 0. The van der Waals surface area contributed by atoms with Gasteiger partial charge in [0.2, 0.25) is 0 Å². The average Bonchev–Trinajstić information content (AvgIpc) is 2.68. The third-order valence-corrected chi connectivity index (χ3v) is 4.30. The minimum absolute atomic E-state index is 0.0845. The van der Waals surface area contributed by atoms with E-state index in [2.05, 4.69) is 15.9 Å². The van der Waals surface area contributed by atoms with Crippen LogP contribution in [0, 0.1) is 0 Å². The van der Waals surface area contributed by atoms with Crippen molar-refractivity contribution in [2.24, 2.45) is 0 Å².